The van der Waals surface area contributed by atoms with E-state index in [1.807, 2.05) is 25.1 Å². The molecule has 7 nitrogen and oxygen atoms in total. The first-order chi connectivity index (χ1) is 14.9. The number of carbonyl (C=O) groups is 3. The lowest BCUT2D eigenvalue weighted by molar-refractivity contribution is -0.146. The van der Waals surface area contributed by atoms with E-state index in [-0.39, 0.29) is 6.54 Å². The molecule has 0 unspecified atom stereocenters. The summed E-state index contributed by atoms with van der Waals surface area (Å²) >= 11 is 7.47. The van der Waals surface area contributed by atoms with Crippen molar-refractivity contribution in [2.75, 3.05) is 13.2 Å². The molecule has 0 saturated carbocycles. The fourth-order valence-corrected chi connectivity index (χ4v) is 3.55. The molecule has 0 spiro atoms. The van der Waals surface area contributed by atoms with Crippen LogP contribution in [0.15, 0.2) is 65.1 Å². The molecule has 3 aromatic rings. The van der Waals surface area contributed by atoms with Gasteiger partial charge in [-0.1, -0.05) is 47.5 Å². The zero-order valence-corrected chi connectivity index (χ0v) is 18.3. The number of esters is 1. The first-order valence-electron chi connectivity index (χ1n) is 9.38. The van der Waals surface area contributed by atoms with Crippen LogP contribution >= 0.6 is 22.9 Å². The molecule has 0 bridgehead atoms. The number of aryl methyl sites for hydroxylation is 1. The molecule has 1 heterocycles. The maximum atomic E-state index is 12.1. The molecular weight excluding hydrogens is 438 g/mol. The molecule has 1 aromatic heterocycles. The van der Waals surface area contributed by atoms with Crippen LogP contribution in [0.5, 0.6) is 0 Å². The Bertz CT molecular complexity index is 1150. The van der Waals surface area contributed by atoms with Crippen molar-refractivity contribution < 1.29 is 19.1 Å². The molecule has 0 aliphatic carbocycles. The van der Waals surface area contributed by atoms with Crippen LogP contribution in [0.25, 0.3) is 0 Å². The summed E-state index contributed by atoms with van der Waals surface area (Å²) in [6.45, 7) is 1.52. The number of carbonyl (C=O) groups excluding carboxylic acids is 3. The van der Waals surface area contributed by atoms with Crippen molar-refractivity contribution in [3.63, 3.8) is 0 Å². The molecule has 0 fully saturated rings. The molecular formula is C22H20ClN3O4S. The molecule has 31 heavy (non-hydrogen) atoms. The van der Waals surface area contributed by atoms with Crippen molar-refractivity contribution in [2.45, 2.75) is 13.5 Å². The highest BCUT2D eigenvalue weighted by Crippen LogP contribution is 2.15. The number of aromatic nitrogens is 1. The number of ether oxygens (including phenoxy) is 1. The lowest BCUT2D eigenvalue weighted by atomic mass is 10.1. The number of rotatable bonds is 7. The number of nitrogens with zero attached hydrogens (tertiary/aromatic N) is 2. The van der Waals surface area contributed by atoms with Gasteiger partial charge in [0.25, 0.3) is 11.8 Å². The van der Waals surface area contributed by atoms with E-state index in [2.05, 4.69) is 10.3 Å². The molecule has 2 amide bonds. The summed E-state index contributed by atoms with van der Waals surface area (Å²) in [5.41, 5.74) is 2.36. The quantitative estimate of drug-likeness (QED) is 0.552. The first kappa shape index (κ1) is 22.5. The molecule has 160 valence electrons. The van der Waals surface area contributed by atoms with E-state index in [0.29, 0.717) is 21.9 Å². The third-order valence-corrected chi connectivity index (χ3v) is 5.41. The van der Waals surface area contributed by atoms with Crippen molar-refractivity contribution in [3.05, 3.63) is 86.6 Å². The van der Waals surface area contributed by atoms with Crippen molar-refractivity contribution >= 4 is 40.7 Å². The Morgan fingerprint density at radius 2 is 1.87 bits per heavy atom. The molecule has 2 aromatic carbocycles. The van der Waals surface area contributed by atoms with Gasteiger partial charge in [-0.25, -0.2) is 0 Å². The number of amides is 2. The van der Waals surface area contributed by atoms with Crippen LogP contribution in [-0.4, -0.2) is 35.5 Å². The second-order valence-corrected chi connectivity index (χ2v) is 7.90. The van der Waals surface area contributed by atoms with Crippen molar-refractivity contribution in [3.8, 4) is 0 Å². The molecule has 0 aliphatic rings. The lowest BCUT2D eigenvalue weighted by Crippen LogP contribution is -2.31. The van der Waals surface area contributed by atoms with Gasteiger partial charge in [0.05, 0.1) is 6.54 Å². The summed E-state index contributed by atoms with van der Waals surface area (Å²) in [4.78, 5) is 40.4. The topological polar surface area (TPSA) is 89.8 Å². The van der Waals surface area contributed by atoms with E-state index in [0.717, 1.165) is 11.1 Å². The van der Waals surface area contributed by atoms with Gasteiger partial charge in [0.2, 0.25) is 0 Å². The van der Waals surface area contributed by atoms with E-state index in [4.69, 9.17) is 16.3 Å². The number of hydrogen-bond donors (Lipinski definition) is 1. The Kier molecular flexibility index (Phi) is 7.75. The zero-order chi connectivity index (χ0) is 22.2. The highest BCUT2D eigenvalue weighted by Gasteiger charge is 2.11. The van der Waals surface area contributed by atoms with Crippen LogP contribution in [0.4, 0.5) is 0 Å². The molecule has 0 saturated heterocycles. The third kappa shape index (κ3) is 6.63. The zero-order valence-electron chi connectivity index (χ0n) is 16.7. The molecule has 1 N–H and O–H groups in total. The Balaban J connectivity index is 1.51. The second-order valence-electron chi connectivity index (χ2n) is 6.62. The lowest BCUT2D eigenvalue weighted by Gasteiger charge is -2.06. The average Bonchev–Trinajstić information content (AvgIpc) is 3.19. The Morgan fingerprint density at radius 1 is 1.13 bits per heavy atom. The fourth-order valence-electron chi connectivity index (χ4n) is 2.61. The minimum atomic E-state index is -0.723. The standard InChI is InChI=1S/C22H20ClN3O4S/c1-15-6-8-16(9-7-15)21(29)24-12-20(28)30-14-19(27)25-22-26(10-11-31-22)13-17-4-2-3-5-18(17)23/h2-11H,12-14H2,1H3,(H,24,29). The summed E-state index contributed by atoms with van der Waals surface area (Å²) < 4.78 is 6.70. The van der Waals surface area contributed by atoms with Crippen molar-refractivity contribution in [2.24, 2.45) is 4.99 Å². The van der Waals surface area contributed by atoms with E-state index < -0.39 is 24.4 Å². The largest absolute Gasteiger partial charge is 0.454 e. The van der Waals surface area contributed by atoms with Crippen molar-refractivity contribution in [1.29, 1.82) is 0 Å². The molecule has 0 aliphatic heterocycles. The maximum absolute atomic E-state index is 12.1. The smallest absolute Gasteiger partial charge is 0.325 e. The monoisotopic (exact) mass is 457 g/mol. The van der Waals surface area contributed by atoms with Gasteiger partial charge in [-0.05, 0) is 30.7 Å². The highest BCUT2D eigenvalue weighted by atomic mass is 35.5. The van der Waals surface area contributed by atoms with Gasteiger partial charge in [0.15, 0.2) is 11.4 Å². The van der Waals surface area contributed by atoms with Gasteiger partial charge < -0.3 is 14.6 Å². The van der Waals surface area contributed by atoms with E-state index in [1.165, 1.54) is 11.3 Å². The van der Waals surface area contributed by atoms with Crippen LogP contribution < -0.4 is 10.1 Å². The summed E-state index contributed by atoms with van der Waals surface area (Å²) in [5.74, 6) is -1.72. The maximum Gasteiger partial charge on any atom is 0.325 e. The Morgan fingerprint density at radius 3 is 2.61 bits per heavy atom. The normalized spacial score (nSPS) is 11.2. The highest BCUT2D eigenvalue weighted by molar-refractivity contribution is 7.07. The van der Waals surface area contributed by atoms with Crippen LogP contribution in [0.2, 0.25) is 5.02 Å². The summed E-state index contributed by atoms with van der Waals surface area (Å²) in [6, 6.07) is 14.3. The average molecular weight is 458 g/mol. The Labute approximate surface area is 188 Å². The van der Waals surface area contributed by atoms with Gasteiger partial charge in [-0.3, -0.25) is 14.4 Å². The second kappa shape index (κ2) is 10.7. The number of thiazole rings is 1. The van der Waals surface area contributed by atoms with E-state index in [1.54, 1.807) is 46.5 Å². The van der Waals surface area contributed by atoms with Gasteiger partial charge in [-0.2, -0.15) is 4.99 Å². The van der Waals surface area contributed by atoms with E-state index in [9.17, 15) is 14.4 Å². The van der Waals surface area contributed by atoms with E-state index >= 15 is 0 Å². The molecule has 0 radical (unpaired) electrons. The van der Waals surface area contributed by atoms with Crippen LogP contribution in [-0.2, 0) is 20.9 Å². The number of halogens is 1. The molecule has 9 heteroatoms. The predicted molar refractivity (Wildman–Crippen MR) is 118 cm³/mol. The predicted octanol–water partition coefficient (Wildman–Crippen LogP) is 2.96. The SMILES string of the molecule is Cc1ccc(C(=O)NCC(=O)OCC(=O)N=c2sccn2Cc2ccccc2Cl)cc1. The van der Waals surface area contributed by atoms with Crippen LogP contribution in [0, 0.1) is 6.92 Å². The van der Waals surface area contributed by atoms with Crippen LogP contribution in [0.1, 0.15) is 21.5 Å². The number of nitrogens with one attached hydrogen (secondary N) is 1. The third-order valence-electron chi connectivity index (χ3n) is 4.24. The summed E-state index contributed by atoms with van der Waals surface area (Å²) in [5, 5.41) is 4.89. The van der Waals surface area contributed by atoms with Gasteiger partial charge in [0, 0.05) is 22.2 Å². The Hall–Kier alpha value is -3.23. The molecule has 3 rings (SSSR count). The van der Waals surface area contributed by atoms with Crippen LogP contribution in [0.3, 0.4) is 0 Å². The fraction of sp³-hybridized carbons (Fsp3) is 0.182. The summed E-state index contributed by atoms with van der Waals surface area (Å²) in [7, 11) is 0. The molecule has 0 atom stereocenters. The van der Waals surface area contributed by atoms with Gasteiger partial charge >= 0.3 is 5.97 Å². The minimum absolute atomic E-state index is 0.342. The van der Waals surface area contributed by atoms with Gasteiger partial charge in [-0.15, -0.1) is 11.3 Å². The first-order valence-corrected chi connectivity index (χ1v) is 10.6. The van der Waals surface area contributed by atoms with Gasteiger partial charge in [0.1, 0.15) is 6.54 Å². The number of benzene rings is 2. The number of hydrogen-bond acceptors (Lipinski definition) is 5. The summed E-state index contributed by atoms with van der Waals surface area (Å²) in [6.07, 6.45) is 1.80. The van der Waals surface area contributed by atoms with Crippen molar-refractivity contribution in [1.82, 2.24) is 9.88 Å². The minimum Gasteiger partial charge on any atom is -0.454 e.